The van der Waals surface area contributed by atoms with Crippen molar-refractivity contribution in [1.29, 1.82) is 0 Å². The largest absolute Gasteiger partial charge is 0.497 e. The second kappa shape index (κ2) is 8.13. The average Bonchev–Trinajstić information content (AvgIpc) is 2.76. The zero-order valence-corrected chi connectivity index (χ0v) is 14.9. The molecule has 0 saturated heterocycles. The Morgan fingerprint density at radius 2 is 1.46 bits per heavy atom. The van der Waals surface area contributed by atoms with Crippen LogP contribution in [-0.4, -0.2) is 27.0 Å². The van der Waals surface area contributed by atoms with Crippen molar-refractivity contribution in [2.24, 2.45) is 0 Å². The number of hydrogen-bond acceptors (Lipinski definition) is 7. The van der Waals surface area contributed by atoms with E-state index in [1.54, 1.807) is 49.8 Å². The fraction of sp³-hybridized carbons (Fsp3) is 0.0476. The van der Waals surface area contributed by atoms with Crippen LogP contribution < -0.4 is 14.2 Å². The van der Waals surface area contributed by atoms with Crippen LogP contribution >= 0.6 is 0 Å². The van der Waals surface area contributed by atoms with Crippen molar-refractivity contribution in [3.8, 4) is 40.5 Å². The van der Waals surface area contributed by atoms with Crippen molar-refractivity contribution in [2.75, 3.05) is 7.11 Å². The highest BCUT2D eigenvalue weighted by molar-refractivity contribution is 5.56. The fourth-order valence-electron chi connectivity index (χ4n) is 2.34. The Bertz CT molecular complexity index is 1040. The minimum Gasteiger partial charge on any atom is -0.497 e. The maximum absolute atomic E-state index is 5.65. The Labute approximate surface area is 161 Å². The molecular weight excluding hydrogens is 356 g/mol. The molecule has 0 fully saturated rings. The number of methoxy groups -OCH3 is 1. The van der Waals surface area contributed by atoms with Crippen LogP contribution in [0.25, 0.3) is 11.3 Å². The zero-order valence-electron chi connectivity index (χ0n) is 14.9. The maximum atomic E-state index is 5.65. The first-order valence-electron chi connectivity index (χ1n) is 8.43. The molecule has 0 saturated carbocycles. The summed E-state index contributed by atoms with van der Waals surface area (Å²) in [4.78, 5) is 16.8. The van der Waals surface area contributed by atoms with Gasteiger partial charge in [-0.1, -0.05) is 18.2 Å². The van der Waals surface area contributed by atoms with Gasteiger partial charge in [0.2, 0.25) is 0 Å². The molecule has 0 aliphatic heterocycles. The smallest absolute Gasteiger partial charge is 0.322 e. The molecule has 0 aliphatic carbocycles. The molecule has 0 unspecified atom stereocenters. The number of nitrogens with zero attached hydrogens (tertiary/aromatic N) is 4. The van der Waals surface area contributed by atoms with E-state index in [9.17, 15) is 0 Å². The van der Waals surface area contributed by atoms with Crippen molar-refractivity contribution in [3.05, 3.63) is 79.3 Å². The van der Waals surface area contributed by atoms with Crippen LogP contribution in [0.2, 0.25) is 0 Å². The summed E-state index contributed by atoms with van der Waals surface area (Å²) in [5.74, 6) is 2.00. The zero-order chi connectivity index (χ0) is 19.2. The molecule has 0 amide bonds. The SMILES string of the molecule is COc1ccc(Oc2n[c]c(-c3ccnc(Oc4ccccc4)n3)cn2)cc1. The lowest BCUT2D eigenvalue weighted by molar-refractivity contribution is 0.410. The van der Waals surface area contributed by atoms with E-state index in [1.165, 1.54) is 0 Å². The van der Waals surface area contributed by atoms with Gasteiger partial charge in [0.05, 0.1) is 12.8 Å². The molecule has 28 heavy (non-hydrogen) atoms. The van der Waals surface area contributed by atoms with Gasteiger partial charge in [-0.15, -0.1) is 0 Å². The van der Waals surface area contributed by atoms with E-state index in [-0.39, 0.29) is 12.0 Å². The Morgan fingerprint density at radius 1 is 0.750 bits per heavy atom. The van der Waals surface area contributed by atoms with E-state index < -0.39 is 0 Å². The van der Waals surface area contributed by atoms with Crippen LogP contribution in [0.3, 0.4) is 0 Å². The topological polar surface area (TPSA) is 79.2 Å². The van der Waals surface area contributed by atoms with Gasteiger partial charge in [0.1, 0.15) is 23.4 Å². The second-order valence-electron chi connectivity index (χ2n) is 5.60. The first-order chi connectivity index (χ1) is 13.8. The minimum absolute atomic E-state index is 0.184. The monoisotopic (exact) mass is 371 g/mol. The molecule has 0 aliphatic rings. The summed E-state index contributed by atoms with van der Waals surface area (Å²) in [5, 5.41) is 0. The number of para-hydroxylation sites is 1. The van der Waals surface area contributed by atoms with Gasteiger partial charge in [0.25, 0.3) is 0 Å². The number of benzene rings is 2. The summed E-state index contributed by atoms with van der Waals surface area (Å²) in [6, 6.07) is 18.6. The van der Waals surface area contributed by atoms with Crippen molar-refractivity contribution in [1.82, 2.24) is 19.9 Å². The Balaban J connectivity index is 1.48. The van der Waals surface area contributed by atoms with Crippen LogP contribution in [0.15, 0.2) is 73.1 Å². The van der Waals surface area contributed by atoms with E-state index in [4.69, 9.17) is 14.2 Å². The van der Waals surface area contributed by atoms with Gasteiger partial charge in [-0.25, -0.2) is 9.97 Å². The highest BCUT2D eigenvalue weighted by atomic mass is 16.5. The molecule has 1 radical (unpaired) electrons. The molecule has 7 heteroatoms. The molecule has 7 nitrogen and oxygen atoms in total. The second-order valence-corrected chi connectivity index (χ2v) is 5.60. The number of aromatic nitrogens is 4. The molecule has 137 valence electrons. The molecule has 2 aromatic carbocycles. The Hall–Kier alpha value is -4.00. The Morgan fingerprint density at radius 3 is 2.18 bits per heavy atom. The van der Waals surface area contributed by atoms with Gasteiger partial charge >= 0.3 is 12.0 Å². The van der Waals surface area contributed by atoms with E-state index in [0.29, 0.717) is 22.8 Å². The molecule has 4 aromatic rings. The van der Waals surface area contributed by atoms with Crippen LogP contribution in [-0.2, 0) is 0 Å². The first kappa shape index (κ1) is 17.4. The van der Waals surface area contributed by atoms with Gasteiger partial charge in [-0.2, -0.15) is 9.97 Å². The third-order valence-corrected chi connectivity index (χ3v) is 3.71. The average molecular weight is 371 g/mol. The maximum Gasteiger partial charge on any atom is 0.322 e. The van der Waals surface area contributed by atoms with Gasteiger partial charge in [0.15, 0.2) is 0 Å². The van der Waals surface area contributed by atoms with Crippen LogP contribution in [0.5, 0.6) is 29.3 Å². The predicted octanol–water partition coefficient (Wildman–Crippen LogP) is 4.33. The molecule has 4 rings (SSSR count). The molecule has 0 N–H and O–H groups in total. The highest BCUT2D eigenvalue weighted by Crippen LogP contribution is 2.23. The summed E-state index contributed by atoms with van der Waals surface area (Å²) < 4.78 is 16.4. The molecule has 0 atom stereocenters. The van der Waals surface area contributed by atoms with E-state index in [1.807, 2.05) is 30.3 Å². The molecule has 0 spiro atoms. The molecule has 2 aromatic heterocycles. The quantitative estimate of drug-likeness (QED) is 0.499. The summed E-state index contributed by atoms with van der Waals surface area (Å²) in [7, 11) is 1.61. The van der Waals surface area contributed by atoms with Gasteiger partial charge in [-0.05, 0) is 42.5 Å². The minimum atomic E-state index is 0.184. The van der Waals surface area contributed by atoms with Crippen LogP contribution in [0.1, 0.15) is 0 Å². The van der Waals surface area contributed by atoms with E-state index in [0.717, 1.165) is 5.75 Å². The predicted molar refractivity (Wildman–Crippen MR) is 101 cm³/mol. The lowest BCUT2D eigenvalue weighted by Gasteiger charge is -2.06. The molecule has 0 bridgehead atoms. The summed E-state index contributed by atoms with van der Waals surface area (Å²) in [6.45, 7) is 0. The number of ether oxygens (including phenoxy) is 3. The summed E-state index contributed by atoms with van der Waals surface area (Å²) in [5.41, 5.74) is 1.19. The Kier molecular flexibility index (Phi) is 5.06. The summed E-state index contributed by atoms with van der Waals surface area (Å²) >= 11 is 0. The highest BCUT2D eigenvalue weighted by Gasteiger charge is 2.08. The normalized spacial score (nSPS) is 10.3. The van der Waals surface area contributed by atoms with Crippen molar-refractivity contribution in [2.45, 2.75) is 0 Å². The van der Waals surface area contributed by atoms with Crippen LogP contribution in [0, 0.1) is 6.20 Å². The van der Waals surface area contributed by atoms with Crippen molar-refractivity contribution < 1.29 is 14.2 Å². The van der Waals surface area contributed by atoms with Crippen molar-refractivity contribution in [3.63, 3.8) is 0 Å². The number of hydrogen-bond donors (Lipinski definition) is 0. The van der Waals surface area contributed by atoms with E-state index in [2.05, 4.69) is 26.1 Å². The van der Waals surface area contributed by atoms with Gasteiger partial charge < -0.3 is 14.2 Å². The number of rotatable bonds is 6. The van der Waals surface area contributed by atoms with Gasteiger partial charge in [0, 0.05) is 18.0 Å². The first-order valence-corrected chi connectivity index (χ1v) is 8.43. The third kappa shape index (κ3) is 4.21. The van der Waals surface area contributed by atoms with Crippen LogP contribution in [0.4, 0.5) is 0 Å². The lowest BCUT2D eigenvalue weighted by atomic mass is 10.2. The lowest BCUT2D eigenvalue weighted by Crippen LogP contribution is -1.96. The third-order valence-electron chi connectivity index (χ3n) is 3.71. The fourth-order valence-corrected chi connectivity index (χ4v) is 2.34. The standard InChI is InChI=1S/C21H15N4O3/c1-26-16-7-9-18(10-8-16)27-20-23-13-15(14-24-20)19-11-12-22-21(25-19)28-17-5-3-2-4-6-17/h2-13H,1H3. The summed E-state index contributed by atoms with van der Waals surface area (Å²) in [6.07, 6.45) is 6.07. The van der Waals surface area contributed by atoms with Crippen molar-refractivity contribution >= 4 is 0 Å². The molecule has 2 heterocycles. The van der Waals surface area contributed by atoms with Gasteiger partial charge in [-0.3, -0.25) is 0 Å². The van der Waals surface area contributed by atoms with E-state index >= 15 is 0 Å². The molecular formula is C21H15N4O3.